The molecule has 30 heavy (non-hydrogen) atoms. The molecule has 1 aliphatic rings. The van der Waals surface area contributed by atoms with Gasteiger partial charge in [0.25, 0.3) is 9.84 Å². The van der Waals surface area contributed by atoms with Crippen molar-refractivity contribution in [3.8, 4) is 0 Å². The maximum absolute atomic E-state index is 14.1. The predicted molar refractivity (Wildman–Crippen MR) is 94.0 cm³/mol. The van der Waals surface area contributed by atoms with Gasteiger partial charge in [0, 0.05) is 0 Å². The van der Waals surface area contributed by atoms with Crippen molar-refractivity contribution in [3.05, 3.63) is 48.0 Å². The van der Waals surface area contributed by atoms with Crippen LogP contribution in [0, 0.1) is 0 Å². The molecule has 0 heterocycles. The van der Waals surface area contributed by atoms with Gasteiger partial charge in [-0.3, -0.25) is 0 Å². The molecule has 5 atom stereocenters. The van der Waals surface area contributed by atoms with Gasteiger partial charge in [-0.15, -0.1) is 0 Å². The van der Waals surface area contributed by atoms with Gasteiger partial charge in [0.15, 0.2) is 39.1 Å². The molecule has 4 nitrogen and oxygen atoms in total. The summed E-state index contributed by atoms with van der Waals surface area (Å²) in [6.45, 7) is 0. The van der Waals surface area contributed by atoms with E-state index in [9.17, 15) is 47.6 Å². The van der Waals surface area contributed by atoms with Gasteiger partial charge in [0.05, 0.1) is 0 Å². The molecule has 5 unspecified atom stereocenters. The molecule has 1 saturated carbocycles. The summed E-state index contributed by atoms with van der Waals surface area (Å²) in [5.41, 5.74) is -7.08. The Morgan fingerprint density at radius 2 is 1.23 bits per heavy atom. The molecule has 0 spiro atoms. The highest BCUT2D eigenvalue weighted by Crippen LogP contribution is 2.46. The fourth-order valence-electron chi connectivity index (χ4n) is 3.42. The van der Waals surface area contributed by atoms with Crippen molar-refractivity contribution < 1.29 is 47.6 Å². The fraction of sp³-hybridized carbons (Fsp3) is 0.412. The zero-order valence-corrected chi connectivity index (χ0v) is 16.2. The molecule has 1 fully saturated rings. The maximum atomic E-state index is 14.1. The second kappa shape index (κ2) is 7.36. The molecule has 0 aromatic heterocycles. The van der Waals surface area contributed by atoms with Gasteiger partial charge >= 0.3 is 5.51 Å². The van der Waals surface area contributed by atoms with Gasteiger partial charge in [0.2, 0.25) is 0 Å². The molecule has 2 aromatic rings. The Morgan fingerprint density at radius 1 is 0.733 bits per heavy atom. The van der Waals surface area contributed by atoms with E-state index in [0.717, 1.165) is 18.2 Å². The Morgan fingerprint density at radius 3 is 1.73 bits per heavy atom. The number of halogens is 7. The first kappa shape index (κ1) is 22.8. The average Bonchev–Trinajstić information content (AvgIpc) is 2.83. The minimum atomic E-state index is -6.60. The Kier molecular flexibility index (Phi) is 5.59. The van der Waals surface area contributed by atoms with E-state index >= 15 is 0 Å². The molecular weight excluding hydrogens is 465 g/mol. The molecular formula is C17H13F7O4S2. The third-order valence-electron chi connectivity index (χ3n) is 4.87. The number of alkyl halides is 7. The summed E-state index contributed by atoms with van der Waals surface area (Å²) in [6, 6.07) is 8.47. The zero-order valence-electron chi connectivity index (χ0n) is 14.6. The van der Waals surface area contributed by atoms with Gasteiger partial charge in [0.1, 0.15) is 5.25 Å². The number of fused-ring (bicyclic) bond motifs is 1. The Bertz CT molecular complexity index is 1150. The smallest absolute Gasteiger partial charge is 0.243 e. The SMILES string of the molecule is O=S(=O)(C1C(F)C(F)C(F)C1F)C(c1ccc2ccccc2c1)S(=O)(=O)C(F)(F)F. The Labute approximate surface area is 166 Å². The van der Waals surface area contributed by atoms with E-state index in [0.29, 0.717) is 5.39 Å². The van der Waals surface area contributed by atoms with E-state index in [1.807, 2.05) is 0 Å². The first-order valence-electron chi connectivity index (χ1n) is 8.29. The van der Waals surface area contributed by atoms with Gasteiger partial charge in [-0.2, -0.15) is 13.2 Å². The lowest BCUT2D eigenvalue weighted by Crippen LogP contribution is -2.43. The van der Waals surface area contributed by atoms with Crippen LogP contribution in [-0.2, 0) is 19.7 Å². The van der Waals surface area contributed by atoms with Crippen molar-refractivity contribution in [1.82, 2.24) is 0 Å². The van der Waals surface area contributed by atoms with Crippen molar-refractivity contribution >= 4 is 30.4 Å². The minimum absolute atomic E-state index is 0.138. The number of benzene rings is 2. The lowest BCUT2D eigenvalue weighted by Gasteiger charge is -2.25. The molecule has 0 radical (unpaired) electrons. The van der Waals surface area contributed by atoms with Gasteiger partial charge in [-0.25, -0.2) is 34.4 Å². The number of hydrogen-bond donors (Lipinski definition) is 0. The van der Waals surface area contributed by atoms with Crippen LogP contribution in [-0.4, -0.2) is 52.3 Å². The van der Waals surface area contributed by atoms with Crippen LogP contribution >= 0.6 is 0 Å². The first-order chi connectivity index (χ1) is 13.7. The lowest BCUT2D eigenvalue weighted by atomic mass is 10.1. The molecule has 0 N–H and O–H groups in total. The van der Waals surface area contributed by atoms with E-state index < -0.39 is 65.3 Å². The van der Waals surface area contributed by atoms with Crippen LogP contribution in [0.25, 0.3) is 10.8 Å². The topological polar surface area (TPSA) is 68.3 Å². The summed E-state index contributed by atoms with van der Waals surface area (Å²) in [5, 5.41) is -2.72. The second-order valence-electron chi connectivity index (χ2n) is 6.76. The number of rotatable bonds is 4. The standard InChI is InChI=1S/C17H13F7O4S2/c18-11-12(19)14(21)15(13(11)20)29(25,26)16(30(27,28)17(22,23)24)10-6-5-8-3-1-2-4-9(8)7-10/h1-7,11-16H. The summed E-state index contributed by atoms with van der Waals surface area (Å²) in [5.74, 6) is 0. The predicted octanol–water partition coefficient (Wildman–Crippen LogP) is 3.92. The van der Waals surface area contributed by atoms with Crippen molar-refractivity contribution in [2.75, 3.05) is 0 Å². The summed E-state index contributed by atoms with van der Waals surface area (Å²) in [4.78, 5) is 0. The minimum Gasteiger partial charge on any atom is -0.243 e. The molecule has 0 amide bonds. The highest BCUT2D eigenvalue weighted by Gasteiger charge is 2.65. The first-order valence-corrected chi connectivity index (χ1v) is 11.4. The van der Waals surface area contributed by atoms with Gasteiger partial charge in [-0.05, 0) is 22.4 Å². The molecule has 166 valence electrons. The van der Waals surface area contributed by atoms with E-state index in [1.165, 1.54) is 18.2 Å². The van der Waals surface area contributed by atoms with E-state index in [4.69, 9.17) is 0 Å². The highest BCUT2D eigenvalue weighted by atomic mass is 32.3. The van der Waals surface area contributed by atoms with Crippen LogP contribution in [0.3, 0.4) is 0 Å². The van der Waals surface area contributed by atoms with Crippen molar-refractivity contribution in [3.63, 3.8) is 0 Å². The van der Waals surface area contributed by atoms with Crippen LogP contribution < -0.4 is 0 Å². The molecule has 1 aliphatic carbocycles. The molecule has 0 bridgehead atoms. The number of hydrogen-bond acceptors (Lipinski definition) is 4. The number of sulfone groups is 2. The van der Waals surface area contributed by atoms with Gasteiger partial charge < -0.3 is 0 Å². The Hall–Kier alpha value is -1.89. The van der Waals surface area contributed by atoms with Crippen molar-refractivity contribution in [2.45, 2.75) is 40.0 Å². The third-order valence-corrected chi connectivity index (χ3v) is 10.1. The van der Waals surface area contributed by atoms with E-state index in [-0.39, 0.29) is 5.39 Å². The summed E-state index contributed by atoms with van der Waals surface area (Å²) in [7, 11) is -12.6. The summed E-state index contributed by atoms with van der Waals surface area (Å²) >= 11 is 0. The third kappa shape index (κ3) is 3.45. The van der Waals surface area contributed by atoms with Crippen molar-refractivity contribution in [1.29, 1.82) is 0 Å². The zero-order chi connectivity index (χ0) is 22.6. The van der Waals surface area contributed by atoms with Crippen LogP contribution in [0.2, 0.25) is 0 Å². The van der Waals surface area contributed by atoms with E-state index in [2.05, 4.69) is 0 Å². The van der Waals surface area contributed by atoms with E-state index in [1.54, 1.807) is 6.07 Å². The fourth-order valence-corrected chi connectivity index (χ4v) is 8.12. The quantitative estimate of drug-likeness (QED) is 0.625. The molecule has 0 saturated heterocycles. The normalized spacial score (nSPS) is 29.2. The molecule has 13 heteroatoms. The van der Waals surface area contributed by atoms with Crippen LogP contribution in [0.1, 0.15) is 10.1 Å². The van der Waals surface area contributed by atoms with Gasteiger partial charge in [-0.1, -0.05) is 36.4 Å². The average molecular weight is 478 g/mol. The maximum Gasteiger partial charge on any atom is 0.499 e. The Balaban J connectivity index is 2.27. The second-order valence-corrected chi connectivity index (χ2v) is 11.3. The van der Waals surface area contributed by atoms with Crippen molar-refractivity contribution in [2.24, 2.45) is 0 Å². The van der Waals surface area contributed by atoms with Crippen LogP contribution in [0.5, 0.6) is 0 Å². The largest absolute Gasteiger partial charge is 0.499 e. The summed E-state index contributed by atoms with van der Waals surface area (Å²) < 4.78 is 141. The van der Waals surface area contributed by atoms with Crippen LogP contribution in [0.15, 0.2) is 42.5 Å². The lowest BCUT2D eigenvalue weighted by molar-refractivity contribution is -0.0439. The monoisotopic (exact) mass is 478 g/mol. The van der Waals surface area contributed by atoms with Crippen LogP contribution in [0.4, 0.5) is 30.7 Å². The molecule has 0 aliphatic heterocycles. The molecule has 2 aromatic carbocycles. The summed E-state index contributed by atoms with van der Waals surface area (Å²) in [6.07, 6.45) is -13.3. The highest BCUT2D eigenvalue weighted by molar-refractivity contribution is 8.09. The molecule has 3 rings (SSSR count).